The van der Waals surface area contributed by atoms with Gasteiger partial charge in [-0.25, -0.2) is 0 Å². The first kappa shape index (κ1) is 19.6. The van der Waals surface area contributed by atoms with Crippen molar-refractivity contribution < 1.29 is 9.59 Å². The van der Waals surface area contributed by atoms with Crippen molar-refractivity contribution in [1.29, 1.82) is 0 Å². The SMILES string of the molecule is CCC[C@@H]1N(C(=O)CN(C)Cc2ccncc2)CC[C@]12C(=O)Nc1ccccc12. The van der Waals surface area contributed by atoms with E-state index < -0.39 is 5.41 Å². The van der Waals surface area contributed by atoms with E-state index in [0.29, 0.717) is 26.1 Å². The number of carbonyl (C=O) groups excluding carboxylic acids is 2. The average molecular weight is 393 g/mol. The lowest BCUT2D eigenvalue weighted by Gasteiger charge is -2.34. The largest absolute Gasteiger partial charge is 0.337 e. The van der Waals surface area contributed by atoms with E-state index in [1.54, 1.807) is 12.4 Å². The number of para-hydroxylation sites is 1. The highest BCUT2D eigenvalue weighted by molar-refractivity contribution is 6.07. The molecule has 2 aliphatic heterocycles. The maximum Gasteiger partial charge on any atom is 0.237 e. The Morgan fingerprint density at radius 1 is 1.28 bits per heavy atom. The van der Waals surface area contributed by atoms with Gasteiger partial charge in [-0.15, -0.1) is 0 Å². The van der Waals surface area contributed by atoms with Crippen LogP contribution in [0.15, 0.2) is 48.8 Å². The van der Waals surface area contributed by atoms with E-state index in [9.17, 15) is 9.59 Å². The summed E-state index contributed by atoms with van der Waals surface area (Å²) >= 11 is 0. The number of aromatic nitrogens is 1. The number of hydrogen-bond donors (Lipinski definition) is 1. The maximum absolute atomic E-state index is 13.2. The summed E-state index contributed by atoms with van der Waals surface area (Å²) in [4.78, 5) is 34.4. The fourth-order valence-electron chi connectivity index (χ4n) is 4.95. The van der Waals surface area contributed by atoms with Crippen molar-refractivity contribution in [3.05, 3.63) is 59.9 Å². The van der Waals surface area contributed by atoms with Gasteiger partial charge in [0.2, 0.25) is 11.8 Å². The molecular weight excluding hydrogens is 364 g/mol. The van der Waals surface area contributed by atoms with E-state index in [1.165, 1.54) is 0 Å². The fourth-order valence-corrected chi connectivity index (χ4v) is 4.95. The molecule has 152 valence electrons. The van der Waals surface area contributed by atoms with Crippen molar-refractivity contribution in [2.45, 2.75) is 44.2 Å². The van der Waals surface area contributed by atoms with E-state index in [4.69, 9.17) is 0 Å². The van der Waals surface area contributed by atoms with Gasteiger partial charge in [-0.2, -0.15) is 0 Å². The number of nitrogens with one attached hydrogen (secondary N) is 1. The molecule has 0 radical (unpaired) electrons. The molecule has 2 aromatic rings. The molecule has 1 saturated heterocycles. The standard InChI is InChI=1S/C23H28N4O2/c1-3-6-20-23(18-7-4-5-8-19(18)25-22(23)29)11-14-27(20)21(28)16-26(2)15-17-9-12-24-13-10-17/h4-5,7-10,12-13,20H,3,6,11,14-16H2,1-2H3,(H,25,29)/t20-,23+/m0/s1. The minimum absolute atomic E-state index is 0.0394. The van der Waals surface area contributed by atoms with Gasteiger partial charge in [0.05, 0.1) is 18.0 Å². The number of pyridine rings is 1. The van der Waals surface area contributed by atoms with E-state index in [0.717, 1.165) is 29.7 Å². The Kier molecular flexibility index (Phi) is 5.37. The molecule has 4 rings (SSSR count). The van der Waals surface area contributed by atoms with Gasteiger partial charge >= 0.3 is 0 Å². The zero-order chi connectivity index (χ0) is 20.4. The van der Waals surface area contributed by atoms with Crippen molar-refractivity contribution in [1.82, 2.24) is 14.8 Å². The number of likely N-dealkylation sites (N-methyl/N-ethyl adjacent to an activating group) is 1. The Balaban J connectivity index is 1.54. The first-order chi connectivity index (χ1) is 14.1. The molecule has 6 nitrogen and oxygen atoms in total. The fraction of sp³-hybridized carbons (Fsp3) is 0.435. The molecule has 2 amide bonds. The van der Waals surface area contributed by atoms with Crippen LogP contribution in [0.2, 0.25) is 0 Å². The number of fused-ring (bicyclic) bond motifs is 2. The molecule has 2 aliphatic rings. The number of likely N-dealkylation sites (tertiary alicyclic amines) is 1. The van der Waals surface area contributed by atoms with Gasteiger partial charge in [-0.1, -0.05) is 31.5 Å². The summed E-state index contributed by atoms with van der Waals surface area (Å²) in [5, 5.41) is 3.06. The number of hydrogen-bond acceptors (Lipinski definition) is 4. The van der Waals surface area contributed by atoms with Crippen molar-refractivity contribution >= 4 is 17.5 Å². The zero-order valence-corrected chi connectivity index (χ0v) is 17.1. The molecule has 1 N–H and O–H groups in total. The molecule has 0 aliphatic carbocycles. The van der Waals surface area contributed by atoms with Gasteiger partial charge in [-0.05, 0) is 49.2 Å². The summed E-state index contributed by atoms with van der Waals surface area (Å²) in [5.74, 6) is 0.131. The second-order valence-corrected chi connectivity index (χ2v) is 8.14. The molecule has 29 heavy (non-hydrogen) atoms. The number of anilines is 1. The van der Waals surface area contributed by atoms with E-state index in [1.807, 2.05) is 53.2 Å². The topological polar surface area (TPSA) is 65.5 Å². The molecular formula is C23H28N4O2. The van der Waals surface area contributed by atoms with E-state index in [-0.39, 0.29) is 17.9 Å². The lowest BCUT2D eigenvalue weighted by molar-refractivity contribution is -0.134. The number of rotatable bonds is 6. The number of carbonyl (C=O) groups is 2. The first-order valence-corrected chi connectivity index (χ1v) is 10.3. The Morgan fingerprint density at radius 2 is 2.03 bits per heavy atom. The second kappa shape index (κ2) is 7.95. The predicted octanol–water partition coefficient (Wildman–Crippen LogP) is 2.80. The monoisotopic (exact) mass is 392 g/mol. The lowest BCUT2D eigenvalue weighted by atomic mass is 9.73. The van der Waals surface area contributed by atoms with Crippen LogP contribution in [0.3, 0.4) is 0 Å². The van der Waals surface area contributed by atoms with Crippen molar-refractivity contribution in [2.75, 3.05) is 25.5 Å². The van der Waals surface area contributed by atoms with Crippen LogP contribution in [0.25, 0.3) is 0 Å². The molecule has 0 bridgehead atoms. The summed E-state index contributed by atoms with van der Waals surface area (Å²) in [7, 11) is 1.95. The van der Waals surface area contributed by atoms with Gasteiger partial charge in [0.1, 0.15) is 0 Å². The van der Waals surface area contributed by atoms with Crippen LogP contribution >= 0.6 is 0 Å². The predicted molar refractivity (Wildman–Crippen MR) is 112 cm³/mol. The second-order valence-electron chi connectivity index (χ2n) is 8.14. The number of benzene rings is 1. The summed E-state index contributed by atoms with van der Waals surface area (Å²) in [6, 6.07) is 11.8. The molecule has 1 fully saturated rings. The number of amides is 2. The highest BCUT2D eigenvalue weighted by Crippen LogP contribution is 2.49. The summed E-state index contributed by atoms with van der Waals surface area (Å²) in [6.45, 7) is 3.76. The Labute approximate surface area is 171 Å². The van der Waals surface area contributed by atoms with Crippen LogP contribution < -0.4 is 5.32 Å². The third-order valence-corrected chi connectivity index (χ3v) is 6.24. The van der Waals surface area contributed by atoms with Crippen LogP contribution in [-0.2, 0) is 21.5 Å². The van der Waals surface area contributed by atoms with Crippen molar-refractivity contribution in [3.63, 3.8) is 0 Å². The normalized spacial score (nSPS) is 22.9. The van der Waals surface area contributed by atoms with Gasteiger partial charge < -0.3 is 10.2 Å². The summed E-state index contributed by atoms with van der Waals surface area (Å²) in [6.07, 6.45) is 5.96. The molecule has 2 atom stereocenters. The lowest BCUT2D eigenvalue weighted by Crippen LogP contribution is -2.50. The van der Waals surface area contributed by atoms with Gasteiger partial charge in [0, 0.05) is 31.2 Å². The van der Waals surface area contributed by atoms with Crippen LogP contribution in [-0.4, -0.2) is 52.8 Å². The van der Waals surface area contributed by atoms with E-state index in [2.05, 4.69) is 17.2 Å². The number of nitrogens with zero attached hydrogens (tertiary/aromatic N) is 3. The van der Waals surface area contributed by atoms with Crippen LogP contribution in [0.1, 0.15) is 37.3 Å². The van der Waals surface area contributed by atoms with Crippen LogP contribution in [0.5, 0.6) is 0 Å². The molecule has 1 aromatic heterocycles. The first-order valence-electron chi connectivity index (χ1n) is 10.3. The maximum atomic E-state index is 13.2. The summed E-state index contributed by atoms with van der Waals surface area (Å²) < 4.78 is 0. The quantitative estimate of drug-likeness (QED) is 0.821. The van der Waals surface area contributed by atoms with Crippen LogP contribution in [0.4, 0.5) is 5.69 Å². The van der Waals surface area contributed by atoms with Gasteiger partial charge in [0.15, 0.2) is 0 Å². The van der Waals surface area contributed by atoms with Gasteiger partial charge in [0.25, 0.3) is 0 Å². The van der Waals surface area contributed by atoms with Crippen molar-refractivity contribution in [2.24, 2.45) is 0 Å². The summed E-state index contributed by atoms with van der Waals surface area (Å²) in [5.41, 5.74) is 2.44. The highest BCUT2D eigenvalue weighted by atomic mass is 16.2. The van der Waals surface area contributed by atoms with Gasteiger partial charge in [-0.3, -0.25) is 19.5 Å². The Morgan fingerprint density at radius 3 is 2.79 bits per heavy atom. The molecule has 0 unspecified atom stereocenters. The smallest absolute Gasteiger partial charge is 0.237 e. The minimum atomic E-state index is -0.619. The molecule has 6 heteroatoms. The molecule has 0 saturated carbocycles. The van der Waals surface area contributed by atoms with Crippen LogP contribution in [0, 0.1) is 0 Å². The van der Waals surface area contributed by atoms with E-state index >= 15 is 0 Å². The molecule has 3 heterocycles. The Hall–Kier alpha value is -2.73. The zero-order valence-electron chi connectivity index (χ0n) is 17.1. The molecule has 1 spiro atoms. The molecule has 1 aromatic carbocycles. The average Bonchev–Trinajstić information content (AvgIpc) is 3.22. The minimum Gasteiger partial charge on any atom is -0.337 e. The Bertz CT molecular complexity index is 901. The van der Waals surface area contributed by atoms with Crippen molar-refractivity contribution in [3.8, 4) is 0 Å². The third kappa shape index (κ3) is 3.42. The highest BCUT2D eigenvalue weighted by Gasteiger charge is 2.58. The third-order valence-electron chi connectivity index (χ3n) is 6.24.